The zero-order chi connectivity index (χ0) is 18.9. The lowest BCUT2D eigenvalue weighted by Crippen LogP contribution is -2.17. The lowest BCUT2D eigenvalue weighted by Gasteiger charge is -2.12. The fourth-order valence-corrected chi connectivity index (χ4v) is 2.36. The third-order valence-electron chi connectivity index (χ3n) is 3.59. The summed E-state index contributed by atoms with van der Waals surface area (Å²) in [7, 11) is 4.11. The van der Waals surface area contributed by atoms with Crippen molar-refractivity contribution in [2.75, 3.05) is 44.4 Å². The van der Waals surface area contributed by atoms with E-state index in [-0.39, 0.29) is 5.97 Å². The molecule has 1 aromatic carbocycles. The third kappa shape index (κ3) is 6.33. The quantitative estimate of drug-likeness (QED) is 0.527. The third-order valence-corrected chi connectivity index (χ3v) is 3.59. The average molecular weight is 357 g/mol. The molecule has 0 aliphatic carbocycles. The van der Waals surface area contributed by atoms with Gasteiger partial charge in [0.15, 0.2) is 0 Å². The van der Waals surface area contributed by atoms with E-state index in [1.165, 1.54) is 0 Å². The number of hydrogen-bond donors (Lipinski definition) is 2. The van der Waals surface area contributed by atoms with E-state index < -0.39 is 0 Å². The van der Waals surface area contributed by atoms with Gasteiger partial charge in [-0.1, -0.05) is 0 Å². The molecule has 0 bridgehead atoms. The van der Waals surface area contributed by atoms with E-state index in [1.807, 2.05) is 25.1 Å². The predicted molar refractivity (Wildman–Crippen MR) is 104 cm³/mol. The van der Waals surface area contributed by atoms with Crippen molar-refractivity contribution in [2.24, 2.45) is 0 Å². The molecule has 0 fully saturated rings. The van der Waals surface area contributed by atoms with E-state index in [9.17, 15) is 4.79 Å². The number of nitrogens with one attached hydrogen (secondary N) is 2. The van der Waals surface area contributed by atoms with Crippen molar-refractivity contribution >= 4 is 23.4 Å². The Bertz CT molecular complexity index is 716. The summed E-state index contributed by atoms with van der Waals surface area (Å²) in [6.45, 7) is 5.91. The number of nitrogens with zero attached hydrogens (tertiary/aromatic N) is 3. The maximum atomic E-state index is 11.7. The molecule has 2 aromatic rings. The van der Waals surface area contributed by atoms with Crippen molar-refractivity contribution in [1.29, 1.82) is 0 Å². The fraction of sp³-hybridized carbons (Fsp3) is 0.421. The summed E-state index contributed by atoms with van der Waals surface area (Å²) in [5.74, 6) is 0.993. The molecule has 0 saturated heterocycles. The average Bonchev–Trinajstić information content (AvgIpc) is 2.59. The number of carbonyl (C=O) groups excluding carboxylic acids is 1. The van der Waals surface area contributed by atoms with Crippen LogP contribution in [0.4, 0.5) is 17.5 Å². The van der Waals surface area contributed by atoms with E-state index in [0.717, 1.165) is 30.9 Å². The van der Waals surface area contributed by atoms with Gasteiger partial charge in [0, 0.05) is 24.0 Å². The molecule has 2 N–H and O–H groups in total. The Balaban J connectivity index is 1.99. The molecule has 1 heterocycles. The Hall–Kier alpha value is -2.67. The molecule has 0 aliphatic rings. The van der Waals surface area contributed by atoms with Crippen LogP contribution < -0.4 is 10.6 Å². The van der Waals surface area contributed by atoms with Gasteiger partial charge >= 0.3 is 5.97 Å². The molecule has 26 heavy (non-hydrogen) atoms. The lowest BCUT2D eigenvalue weighted by atomic mass is 10.2. The summed E-state index contributed by atoms with van der Waals surface area (Å²) in [6, 6.07) is 9.00. The number of aryl methyl sites for hydroxylation is 1. The molecule has 7 nitrogen and oxygen atoms in total. The van der Waals surface area contributed by atoms with Gasteiger partial charge in [-0.05, 0) is 65.2 Å². The second-order valence-electron chi connectivity index (χ2n) is 6.22. The second kappa shape index (κ2) is 9.72. The summed E-state index contributed by atoms with van der Waals surface area (Å²) in [6.07, 6.45) is 1.02. The summed E-state index contributed by atoms with van der Waals surface area (Å²) in [5, 5.41) is 6.50. The van der Waals surface area contributed by atoms with Crippen molar-refractivity contribution in [3.8, 4) is 0 Å². The van der Waals surface area contributed by atoms with Crippen LogP contribution in [-0.2, 0) is 4.74 Å². The molecule has 0 saturated carbocycles. The molecule has 7 heteroatoms. The van der Waals surface area contributed by atoms with Gasteiger partial charge in [-0.3, -0.25) is 0 Å². The Morgan fingerprint density at radius 1 is 1.19 bits per heavy atom. The molecule has 2 rings (SSSR count). The summed E-state index contributed by atoms with van der Waals surface area (Å²) in [5.41, 5.74) is 2.25. The minimum atomic E-state index is -0.318. The summed E-state index contributed by atoms with van der Waals surface area (Å²) < 4.78 is 4.99. The summed E-state index contributed by atoms with van der Waals surface area (Å²) >= 11 is 0. The highest BCUT2D eigenvalue weighted by Crippen LogP contribution is 2.18. The van der Waals surface area contributed by atoms with Gasteiger partial charge < -0.3 is 20.3 Å². The van der Waals surface area contributed by atoms with Crippen LogP contribution in [0.1, 0.15) is 29.4 Å². The van der Waals surface area contributed by atoms with Crippen LogP contribution in [0.2, 0.25) is 0 Å². The number of benzene rings is 1. The standard InChI is InChI=1S/C19H27N5O2/c1-5-26-18(25)15-7-9-16(10-8-15)22-17-13-14(2)21-19(23-17)20-11-6-12-24(3)4/h7-10,13H,5-6,11-12H2,1-4H3,(H2,20,21,22,23). The topological polar surface area (TPSA) is 79.4 Å². The molecular weight excluding hydrogens is 330 g/mol. The summed E-state index contributed by atoms with van der Waals surface area (Å²) in [4.78, 5) is 22.7. The van der Waals surface area contributed by atoms with Crippen molar-refractivity contribution in [3.63, 3.8) is 0 Å². The van der Waals surface area contributed by atoms with Gasteiger partial charge in [-0.15, -0.1) is 0 Å². The van der Waals surface area contributed by atoms with Crippen LogP contribution in [0, 0.1) is 6.92 Å². The van der Waals surface area contributed by atoms with Gasteiger partial charge in [0.05, 0.1) is 12.2 Å². The van der Waals surface area contributed by atoms with E-state index in [0.29, 0.717) is 23.9 Å². The monoisotopic (exact) mass is 357 g/mol. The number of hydrogen-bond acceptors (Lipinski definition) is 7. The molecule has 1 aromatic heterocycles. The van der Waals surface area contributed by atoms with Crippen LogP contribution in [-0.4, -0.2) is 54.6 Å². The second-order valence-corrected chi connectivity index (χ2v) is 6.22. The Kier molecular flexibility index (Phi) is 7.35. The Morgan fingerprint density at radius 2 is 1.92 bits per heavy atom. The minimum absolute atomic E-state index is 0.318. The van der Waals surface area contributed by atoms with Gasteiger partial charge in [0.2, 0.25) is 5.95 Å². The van der Waals surface area contributed by atoms with E-state index in [2.05, 4.69) is 39.6 Å². The molecule has 0 spiro atoms. The van der Waals surface area contributed by atoms with Crippen LogP contribution in [0.3, 0.4) is 0 Å². The fourth-order valence-electron chi connectivity index (χ4n) is 2.36. The van der Waals surface area contributed by atoms with Crippen molar-refractivity contribution < 1.29 is 9.53 Å². The van der Waals surface area contributed by atoms with E-state index in [1.54, 1.807) is 19.1 Å². The van der Waals surface area contributed by atoms with Gasteiger partial charge in [-0.2, -0.15) is 4.98 Å². The molecule has 0 atom stereocenters. The highest BCUT2D eigenvalue weighted by atomic mass is 16.5. The largest absolute Gasteiger partial charge is 0.462 e. The first-order valence-electron chi connectivity index (χ1n) is 8.76. The van der Waals surface area contributed by atoms with Crippen molar-refractivity contribution in [3.05, 3.63) is 41.6 Å². The first-order valence-corrected chi connectivity index (χ1v) is 8.76. The normalized spacial score (nSPS) is 10.7. The van der Waals surface area contributed by atoms with E-state index in [4.69, 9.17) is 4.74 Å². The Labute approximate surface area is 154 Å². The van der Waals surface area contributed by atoms with Crippen LogP contribution >= 0.6 is 0 Å². The van der Waals surface area contributed by atoms with Gasteiger partial charge in [0.1, 0.15) is 5.82 Å². The predicted octanol–water partition coefficient (Wildman–Crippen LogP) is 3.07. The van der Waals surface area contributed by atoms with Crippen molar-refractivity contribution in [2.45, 2.75) is 20.3 Å². The SMILES string of the molecule is CCOC(=O)c1ccc(Nc2cc(C)nc(NCCCN(C)C)n2)cc1. The maximum Gasteiger partial charge on any atom is 0.338 e. The zero-order valence-electron chi connectivity index (χ0n) is 15.9. The zero-order valence-corrected chi connectivity index (χ0v) is 15.9. The molecule has 140 valence electrons. The highest BCUT2D eigenvalue weighted by Gasteiger charge is 2.07. The number of esters is 1. The maximum absolute atomic E-state index is 11.7. The van der Waals surface area contributed by atoms with Gasteiger partial charge in [0.25, 0.3) is 0 Å². The minimum Gasteiger partial charge on any atom is -0.462 e. The van der Waals surface area contributed by atoms with E-state index >= 15 is 0 Å². The van der Waals surface area contributed by atoms with Crippen molar-refractivity contribution in [1.82, 2.24) is 14.9 Å². The molecule has 0 radical (unpaired) electrons. The number of carbonyl (C=O) groups is 1. The number of rotatable bonds is 9. The Morgan fingerprint density at radius 3 is 2.58 bits per heavy atom. The van der Waals surface area contributed by atoms with Crippen LogP contribution in [0.15, 0.2) is 30.3 Å². The number of aromatic nitrogens is 2. The first-order chi connectivity index (χ1) is 12.5. The van der Waals surface area contributed by atoms with Gasteiger partial charge in [-0.25, -0.2) is 9.78 Å². The molecule has 0 aliphatic heterocycles. The van der Waals surface area contributed by atoms with Crippen LogP contribution in [0.5, 0.6) is 0 Å². The number of ether oxygens (including phenoxy) is 1. The molecule has 0 unspecified atom stereocenters. The molecular formula is C19H27N5O2. The smallest absolute Gasteiger partial charge is 0.338 e. The molecule has 0 amide bonds. The highest BCUT2D eigenvalue weighted by molar-refractivity contribution is 5.89. The number of anilines is 3. The first kappa shape index (κ1) is 19.7. The van der Waals surface area contributed by atoms with Crippen LogP contribution in [0.25, 0.3) is 0 Å². The lowest BCUT2D eigenvalue weighted by molar-refractivity contribution is 0.0526.